The fraction of sp³-hybridized carbons (Fsp3) is 0.375. The maximum absolute atomic E-state index is 11.5. The number of ether oxygens (including phenoxy) is 1. The van der Waals surface area contributed by atoms with Gasteiger partial charge in [0, 0.05) is 19.2 Å². The zero-order chi connectivity index (χ0) is 12.2. The number of carbonyl (C=O) groups is 1. The first kappa shape index (κ1) is 15.9. The van der Waals surface area contributed by atoms with Crippen molar-refractivity contribution in [3.63, 3.8) is 0 Å². The highest BCUT2D eigenvalue weighted by Gasteiger charge is 2.20. The van der Waals surface area contributed by atoms with Crippen molar-refractivity contribution in [2.45, 2.75) is 5.09 Å². The van der Waals surface area contributed by atoms with Crippen LogP contribution in [0.3, 0.4) is 0 Å². The molecule has 17 heavy (non-hydrogen) atoms. The van der Waals surface area contributed by atoms with E-state index < -0.39 is 16.0 Å². The summed E-state index contributed by atoms with van der Waals surface area (Å²) in [5.74, 6) is -0.663. The fourth-order valence-electron chi connectivity index (χ4n) is 0.947. The first-order chi connectivity index (χ1) is 7.51. The van der Waals surface area contributed by atoms with E-state index in [1.807, 2.05) is 0 Å². The Hall–Kier alpha value is -1.09. The number of nitrogens with two attached hydrogens (primary N) is 1. The molecule has 0 bridgehead atoms. The average molecular weight is 285 g/mol. The van der Waals surface area contributed by atoms with Crippen LogP contribution >= 0.6 is 12.4 Å². The van der Waals surface area contributed by atoms with Crippen LogP contribution in [0.1, 0.15) is 10.4 Å². The number of furan rings is 1. The van der Waals surface area contributed by atoms with Crippen molar-refractivity contribution in [2.24, 2.45) is 5.73 Å². The van der Waals surface area contributed by atoms with Gasteiger partial charge < -0.3 is 14.9 Å². The van der Waals surface area contributed by atoms with Gasteiger partial charge in [-0.2, -0.15) is 0 Å². The number of halogens is 1. The lowest BCUT2D eigenvalue weighted by Crippen LogP contribution is -2.28. The number of hydrogen-bond acceptors (Lipinski definition) is 6. The average Bonchev–Trinajstić information content (AvgIpc) is 2.75. The number of sulfonamides is 1. The Morgan fingerprint density at radius 2 is 2.24 bits per heavy atom. The van der Waals surface area contributed by atoms with Gasteiger partial charge in [0.15, 0.2) is 0 Å². The molecule has 0 fully saturated rings. The van der Waals surface area contributed by atoms with Gasteiger partial charge in [-0.15, -0.1) is 12.4 Å². The van der Waals surface area contributed by atoms with Crippen LogP contribution in [0.25, 0.3) is 0 Å². The number of methoxy groups -OCH3 is 1. The van der Waals surface area contributed by atoms with Gasteiger partial charge >= 0.3 is 5.97 Å². The zero-order valence-electron chi connectivity index (χ0n) is 9.00. The molecule has 0 aliphatic heterocycles. The molecule has 98 valence electrons. The van der Waals surface area contributed by atoms with Crippen molar-refractivity contribution in [1.82, 2.24) is 4.72 Å². The second-order valence-corrected chi connectivity index (χ2v) is 4.53. The summed E-state index contributed by atoms with van der Waals surface area (Å²) < 4.78 is 34.4. The van der Waals surface area contributed by atoms with Gasteiger partial charge in [-0.3, -0.25) is 0 Å². The summed E-state index contributed by atoms with van der Waals surface area (Å²) in [6, 6.07) is 1.09. The van der Waals surface area contributed by atoms with Crippen molar-refractivity contribution in [2.75, 3.05) is 20.2 Å². The van der Waals surface area contributed by atoms with E-state index in [1.54, 1.807) is 0 Å². The van der Waals surface area contributed by atoms with Gasteiger partial charge in [0.2, 0.25) is 5.09 Å². The monoisotopic (exact) mass is 284 g/mol. The van der Waals surface area contributed by atoms with E-state index in [0.717, 1.165) is 12.3 Å². The summed E-state index contributed by atoms with van der Waals surface area (Å²) >= 11 is 0. The second kappa shape index (κ2) is 6.60. The Kier molecular flexibility index (Phi) is 6.18. The van der Waals surface area contributed by atoms with Crippen molar-refractivity contribution in [3.05, 3.63) is 17.9 Å². The number of carbonyl (C=O) groups excluding carboxylic acids is 1. The van der Waals surface area contributed by atoms with E-state index in [-0.39, 0.29) is 36.2 Å². The first-order valence-corrected chi connectivity index (χ1v) is 5.86. The third-order valence-corrected chi connectivity index (χ3v) is 3.03. The van der Waals surface area contributed by atoms with Crippen molar-refractivity contribution in [1.29, 1.82) is 0 Å². The van der Waals surface area contributed by atoms with Gasteiger partial charge in [0.05, 0.1) is 12.7 Å². The molecule has 1 aromatic heterocycles. The topological polar surface area (TPSA) is 112 Å². The number of rotatable bonds is 5. The van der Waals surface area contributed by atoms with Crippen molar-refractivity contribution >= 4 is 28.4 Å². The summed E-state index contributed by atoms with van der Waals surface area (Å²) in [5.41, 5.74) is 5.19. The summed E-state index contributed by atoms with van der Waals surface area (Å²) in [6.07, 6.45) is 1.02. The van der Waals surface area contributed by atoms with E-state index >= 15 is 0 Å². The predicted molar refractivity (Wildman–Crippen MR) is 61.5 cm³/mol. The second-order valence-electron chi connectivity index (χ2n) is 2.83. The molecule has 0 aliphatic carbocycles. The molecule has 1 rings (SSSR count). The maximum atomic E-state index is 11.5. The SMILES string of the molecule is COC(=O)c1coc(S(=O)(=O)NCCN)c1.Cl. The third-order valence-electron chi connectivity index (χ3n) is 1.70. The molecule has 0 unspecified atom stereocenters. The van der Waals surface area contributed by atoms with E-state index in [2.05, 4.69) is 9.46 Å². The Balaban J connectivity index is 0.00000256. The van der Waals surface area contributed by atoms with Crippen LogP contribution in [-0.2, 0) is 14.8 Å². The Bertz CT molecular complexity index is 470. The molecule has 0 amide bonds. The Labute approximate surface area is 105 Å². The molecule has 9 heteroatoms. The van der Waals surface area contributed by atoms with Crippen molar-refractivity contribution < 1.29 is 22.4 Å². The fourth-order valence-corrected chi connectivity index (χ4v) is 1.93. The van der Waals surface area contributed by atoms with Crippen molar-refractivity contribution in [3.8, 4) is 0 Å². The molecular weight excluding hydrogens is 272 g/mol. The van der Waals surface area contributed by atoms with E-state index in [9.17, 15) is 13.2 Å². The van der Waals surface area contributed by atoms with Gasteiger partial charge in [-0.25, -0.2) is 17.9 Å². The number of nitrogens with one attached hydrogen (secondary N) is 1. The molecule has 1 heterocycles. The van der Waals surface area contributed by atoms with Gasteiger partial charge in [0.1, 0.15) is 6.26 Å². The highest BCUT2D eigenvalue weighted by atomic mass is 35.5. The minimum atomic E-state index is -3.75. The molecule has 0 spiro atoms. The molecule has 0 saturated carbocycles. The highest BCUT2D eigenvalue weighted by Crippen LogP contribution is 2.14. The minimum Gasteiger partial charge on any atom is -0.465 e. The largest absolute Gasteiger partial charge is 0.465 e. The van der Waals surface area contributed by atoms with E-state index in [4.69, 9.17) is 10.2 Å². The lowest BCUT2D eigenvalue weighted by Gasteiger charge is -2.00. The highest BCUT2D eigenvalue weighted by molar-refractivity contribution is 7.89. The maximum Gasteiger partial charge on any atom is 0.341 e. The van der Waals surface area contributed by atoms with Gasteiger partial charge in [-0.05, 0) is 0 Å². The van der Waals surface area contributed by atoms with Crippen LogP contribution in [0, 0.1) is 0 Å². The Morgan fingerprint density at radius 3 is 2.76 bits per heavy atom. The normalized spacial score (nSPS) is 10.7. The number of hydrogen-bond donors (Lipinski definition) is 2. The van der Waals surface area contributed by atoms with Crippen LogP contribution in [-0.4, -0.2) is 34.6 Å². The molecule has 0 atom stereocenters. The van der Waals surface area contributed by atoms with Crippen LogP contribution in [0.4, 0.5) is 0 Å². The molecule has 0 saturated heterocycles. The molecule has 0 aromatic carbocycles. The summed E-state index contributed by atoms with van der Waals surface area (Å²) in [7, 11) is -2.56. The summed E-state index contributed by atoms with van der Waals surface area (Å²) in [5, 5.41) is -0.346. The third kappa shape index (κ3) is 4.00. The van der Waals surface area contributed by atoms with Crippen LogP contribution < -0.4 is 10.5 Å². The lowest BCUT2D eigenvalue weighted by atomic mass is 10.3. The smallest absolute Gasteiger partial charge is 0.341 e. The minimum absolute atomic E-state index is 0. The van der Waals surface area contributed by atoms with E-state index in [1.165, 1.54) is 7.11 Å². The Morgan fingerprint density at radius 1 is 1.59 bits per heavy atom. The molecule has 7 nitrogen and oxygen atoms in total. The van der Waals surface area contributed by atoms with Crippen LogP contribution in [0.15, 0.2) is 21.8 Å². The standard InChI is InChI=1S/C8H12N2O5S.ClH/c1-14-8(11)6-4-7(15-5-6)16(12,13)10-3-2-9;/h4-5,10H,2-3,9H2,1H3;1H. The van der Waals surface area contributed by atoms with Crippen LogP contribution in [0.2, 0.25) is 0 Å². The molecule has 0 radical (unpaired) electrons. The lowest BCUT2D eigenvalue weighted by molar-refractivity contribution is 0.0600. The van der Waals surface area contributed by atoms with Gasteiger partial charge in [-0.1, -0.05) is 0 Å². The number of esters is 1. The summed E-state index contributed by atoms with van der Waals surface area (Å²) in [6.45, 7) is 0.264. The molecule has 0 aliphatic rings. The summed E-state index contributed by atoms with van der Waals surface area (Å²) in [4.78, 5) is 11.1. The first-order valence-electron chi connectivity index (χ1n) is 4.38. The van der Waals surface area contributed by atoms with Crippen LogP contribution in [0.5, 0.6) is 0 Å². The molecule has 1 aromatic rings. The van der Waals surface area contributed by atoms with E-state index in [0.29, 0.717) is 0 Å². The zero-order valence-corrected chi connectivity index (χ0v) is 10.6. The molecule has 3 N–H and O–H groups in total. The quantitative estimate of drug-likeness (QED) is 0.720. The predicted octanol–water partition coefficient (Wildman–Crippen LogP) is -0.275. The molecular formula is C8H13ClN2O5S. The van der Waals surface area contributed by atoms with Gasteiger partial charge in [0.25, 0.3) is 10.0 Å².